The lowest BCUT2D eigenvalue weighted by atomic mass is 10.0. The lowest BCUT2D eigenvalue weighted by Crippen LogP contribution is -2.21. The van der Waals surface area contributed by atoms with E-state index in [1.54, 1.807) is 4.68 Å². The zero-order chi connectivity index (χ0) is 16.6. The zero-order valence-electron chi connectivity index (χ0n) is 14.2. The van der Waals surface area contributed by atoms with E-state index in [-0.39, 0.29) is 5.56 Å². The summed E-state index contributed by atoms with van der Waals surface area (Å²) in [5, 5.41) is 6.04. The molecule has 2 heterocycles. The molecule has 0 amide bonds. The Balaban J connectivity index is 0.000000753. The van der Waals surface area contributed by atoms with Crippen molar-refractivity contribution >= 4 is 10.8 Å². The van der Waals surface area contributed by atoms with Gasteiger partial charge in [-0.15, -0.1) is 0 Å². The summed E-state index contributed by atoms with van der Waals surface area (Å²) < 4.78 is 3.73. The van der Waals surface area contributed by atoms with Crippen molar-refractivity contribution in [3.8, 4) is 11.1 Å². The summed E-state index contributed by atoms with van der Waals surface area (Å²) in [6, 6.07) is 8.54. The third-order valence-corrected chi connectivity index (χ3v) is 4.20. The van der Waals surface area contributed by atoms with Crippen molar-refractivity contribution in [1.82, 2.24) is 14.3 Å². The van der Waals surface area contributed by atoms with Crippen molar-refractivity contribution in [2.24, 2.45) is 7.05 Å². The van der Waals surface area contributed by atoms with E-state index < -0.39 is 0 Å². The van der Waals surface area contributed by atoms with Crippen molar-refractivity contribution < 1.29 is 0 Å². The number of aromatic nitrogens is 3. The lowest BCUT2D eigenvalue weighted by Gasteiger charge is -2.12. The molecule has 0 radical (unpaired) electrons. The number of aryl methyl sites for hydroxylation is 2. The highest BCUT2D eigenvalue weighted by molar-refractivity contribution is 5.96. The smallest absolute Gasteiger partial charge is 0.259 e. The number of hydrogen-bond acceptors (Lipinski definition) is 2. The molecular formula is C19H23N3O. The predicted octanol–water partition coefficient (Wildman–Crippen LogP) is 4.07. The van der Waals surface area contributed by atoms with Crippen LogP contribution in [0.4, 0.5) is 0 Å². The van der Waals surface area contributed by atoms with Crippen LogP contribution in [0.3, 0.4) is 0 Å². The third kappa shape index (κ3) is 2.69. The molecule has 0 bridgehead atoms. The minimum atomic E-state index is 0.131. The van der Waals surface area contributed by atoms with Crippen molar-refractivity contribution in [2.75, 3.05) is 0 Å². The first-order chi connectivity index (χ1) is 11.1. The van der Waals surface area contributed by atoms with Gasteiger partial charge >= 0.3 is 0 Å². The molecule has 4 heteroatoms. The van der Waals surface area contributed by atoms with Gasteiger partial charge < -0.3 is 4.57 Å². The number of rotatable bonds is 2. The van der Waals surface area contributed by atoms with E-state index in [9.17, 15) is 4.79 Å². The molecule has 4 rings (SSSR count). The van der Waals surface area contributed by atoms with Crippen LogP contribution in [0.1, 0.15) is 38.4 Å². The second kappa shape index (κ2) is 6.03. The minimum absolute atomic E-state index is 0.131. The molecule has 4 nitrogen and oxygen atoms in total. The number of fused-ring (bicyclic) bond motifs is 1. The van der Waals surface area contributed by atoms with E-state index in [4.69, 9.17) is 0 Å². The predicted molar refractivity (Wildman–Crippen MR) is 94.8 cm³/mol. The van der Waals surface area contributed by atoms with Gasteiger partial charge in [-0.3, -0.25) is 9.48 Å². The summed E-state index contributed by atoms with van der Waals surface area (Å²) >= 11 is 0. The molecule has 3 aromatic rings. The molecule has 0 atom stereocenters. The van der Waals surface area contributed by atoms with Gasteiger partial charge in [0.2, 0.25) is 0 Å². The molecule has 0 unspecified atom stereocenters. The molecule has 23 heavy (non-hydrogen) atoms. The third-order valence-electron chi connectivity index (χ3n) is 4.20. The Kier molecular flexibility index (Phi) is 4.07. The van der Waals surface area contributed by atoms with Gasteiger partial charge in [-0.05, 0) is 36.8 Å². The minimum Gasteiger partial charge on any atom is -0.309 e. The van der Waals surface area contributed by atoms with Gasteiger partial charge in [-0.2, -0.15) is 5.10 Å². The fraction of sp³-hybridized carbons (Fsp3) is 0.368. The quantitative estimate of drug-likeness (QED) is 0.716. The monoisotopic (exact) mass is 309 g/mol. The van der Waals surface area contributed by atoms with Gasteiger partial charge in [-0.1, -0.05) is 32.0 Å². The largest absolute Gasteiger partial charge is 0.309 e. The van der Waals surface area contributed by atoms with E-state index in [0.717, 1.165) is 40.4 Å². The van der Waals surface area contributed by atoms with Gasteiger partial charge in [0.15, 0.2) is 0 Å². The Morgan fingerprint density at radius 1 is 1.22 bits per heavy atom. The maximum Gasteiger partial charge on any atom is 0.259 e. The second-order valence-corrected chi connectivity index (χ2v) is 5.86. The van der Waals surface area contributed by atoms with Gasteiger partial charge in [0.1, 0.15) is 0 Å². The lowest BCUT2D eigenvalue weighted by molar-refractivity contribution is 0.689. The highest BCUT2D eigenvalue weighted by atomic mass is 16.1. The first-order valence-electron chi connectivity index (χ1n) is 8.29. The number of nitrogens with zero attached hydrogens (tertiary/aromatic N) is 3. The first-order valence-corrected chi connectivity index (χ1v) is 8.29. The number of pyridine rings is 1. The van der Waals surface area contributed by atoms with Gasteiger partial charge in [0.25, 0.3) is 5.56 Å². The SMILES string of the molecule is CC.Cc1cc2cccc(-c3cnn(C)c3)c2c(=O)n1C1CC1. The fourth-order valence-corrected chi connectivity index (χ4v) is 3.09. The van der Waals surface area contributed by atoms with Crippen LogP contribution in [0.25, 0.3) is 21.9 Å². The molecule has 0 saturated heterocycles. The van der Waals surface area contributed by atoms with E-state index in [0.29, 0.717) is 6.04 Å². The molecule has 0 aliphatic heterocycles. The average molecular weight is 309 g/mol. The normalized spacial score (nSPS) is 13.7. The topological polar surface area (TPSA) is 39.8 Å². The summed E-state index contributed by atoms with van der Waals surface area (Å²) in [4.78, 5) is 13.0. The molecule has 120 valence electrons. The second-order valence-electron chi connectivity index (χ2n) is 5.86. The summed E-state index contributed by atoms with van der Waals surface area (Å²) in [5.41, 5.74) is 3.15. The Morgan fingerprint density at radius 3 is 2.57 bits per heavy atom. The highest BCUT2D eigenvalue weighted by Crippen LogP contribution is 2.36. The van der Waals surface area contributed by atoms with Crippen LogP contribution in [-0.2, 0) is 7.05 Å². The van der Waals surface area contributed by atoms with E-state index in [1.165, 1.54) is 0 Å². The van der Waals surface area contributed by atoms with Crippen molar-refractivity contribution in [3.63, 3.8) is 0 Å². The number of hydrogen-bond donors (Lipinski definition) is 0. The van der Waals surface area contributed by atoms with Gasteiger partial charge in [-0.25, -0.2) is 0 Å². The summed E-state index contributed by atoms with van der Waals surface area (Å²) in [5.74, 6) is 0. The van der Waals surface area contributed by atoms with Crippen molar-refractivity contribution in [3.05, 3.63) is 52.7 Å². The molecule has 1 aliphatic carbocycles. The van der Waals surface area contributed by atoms with Crippen molar-refractivity contribution in [1.29, 1.82) is 0 Å². The molecule has 2 aromatic heterocycles. The van der Waals surface area contributed by atoms with E-state index >= 15 is 0 Å². The summed E-state index contributed by atoms with van der Waals surface area (Å²) in [7, 11) is 1.89. The average Bonchev–Trinajstić information content (AvgIpc) is 3.29. The fourth-order valence-electron chi connectivity index (χ4n) is 3.09. The Hall–Kier alpha value is -2.36. The van der Waals surface area contributed by atoms with Crippen molar-refractivity contribution in [2.45, 2.75) is 39.7 Å². The van der Waals surface area contributed by atoms with Crippen LogP contribution in [0.2, 0.25) is 0 Å². The Labute approximate surface area is 136 Å². The van der Waals surface area contributed by atoms with E-state index in [2.05, 4.69) is 11.2 Å². The highest BCUT2D eigenvalue weighted by Gasteiger charge is 2.27. The standard InChI is InChI=1S/C17H17N3O.C2H6/c1-11-8-12-4-3-5-15(13-9-18-19(2)10-13)16(12)17(21)20(11)14-6-7-14;1-2/h3-5,8-10,14H,6-7H2,1-2H3;1-2H3. The molecule has 0 N–H and O–H groups in total. The Morgan fingerprint density at radius 2 is 1.96 bits per heavy atom. The first kappa shape index (κ1) is 15.5. The molecule has 0 spiro atoms. The van der Waals surface area contributed by atoms with Crippen LogP contribution in [0, 0.1) is 6.92 Å². The maximum atomic E-state index is 13.0. The molecular weight excluding hydrogens is 286 g/mol. The van der Waals surface area contributed by atoms with Crippen LogP contribution in [0.15, 0.2) is 41.5 Å². The maximum absolute atomic E-state index is 13.0. The van der Waals surface area contributed by atoms with Crippen LogP contribution >= 0.6 is 0 Å². The van der Waals surface area contributed by atoms with Gasteiger partial charge in [0, 0.05) is 30.5 Å². The molecule has 1 aliphatic rings. The summed E-state index contributed by atoms with van der Waals surface area (Å²) in [6.45, 7) is 6.02. The van der Waals surface area contributed by atoms with Crippen LogP contribution in [0.5, 0.6) is 0 Å². The van der Waals surface area contributed by atoms with Crippen LogP contribution < -0.4 is 5.56 Å². The zero-order valence-corrected chi connectivity index (χ0v) is 14.2. The molecule has 1 fully saturated rings. The number of benzene rings is 1. The van der Waals surface area contributed by atoms with Gasteiger partial charge in [0.05, 0.1) is 11.6 Å². The summed E-state index contributed by atoms with van der Waals surface area (Å²) in [6.07, 6.45) is 5.99. The van der Waals surface area contributed by atoms with Crippen LogP contribution in [-0.4, -0.2) is 14.3 Å². The van der Waals surface area contributed by atoms with E-state index in [1.807, 2.05) is 63.0 Å². The molecule has 1 saturated carbocycles. The Bertz CT molecular complexity index is 901. The molecule has 1 aromatic carbocycles.